The van der Waals surface area contributed by atoms with Crippen LogP contribution in [0.4, 0.5) is 0 Å². The van der Waals surface area contributed by atoms with Crippen molar-refractivity contribution >= 4 is 26.9 Å². The van der Waals surface area contributed by atoms with Gasteiger partial charge in [-0.1, -0.05) is 42.5 Å². The van der Waals surface area contributed by atoms with Gasteiger partial charge in [0.1, 0.15) is 17.9 Å². The normalized spacial score (nSPS) is 10.9. The summed E-state index contributed by atoms with van der Waals surface area (Å²) >= 11 is 3.48. The third-order valence-corrected chi connectivity index (χ3v) is 4.82. The van der Waals surface area contributed by atoms with Gasteiger partial charge in [0, 0.05) is 5.56 Å². The van der Waals surface area contributed by atoms with Crippen LogP contribution in [0.2, 0.25) is 0 Å². The minimum atomic E-state index is -0.452. The predicted molar refractivity (Wildman–Crippen MR) is 108 cm³/mol. The summed E-state index contributed by atoms with van der Waals surface area (Å²) < 4.78 is 12.3. The molecule has 4 aromatic rings. The van der Waals surface area contributed by atoms with Gasteiger partial charge in [0.25, 0.3) is 0 Å². The lowest BCUT2D eigenvalue weighted by atomic mass is 10.1. The van der Waals surface area contributed by atoms with E-state index in [0.29, 0.717) is 33.4 Å². The number of halogens is 1. The highest BCUT2D eigenvalue weighted by atomic mass is 79.9. The summed E-state index contributed by atoms with van der Waals surface area (Å²) in [6.45, 7) is 0.440. The van der Waals surface area contributed by atoms with Gasteiger partial charge in [-0.05, 0) is 51.8 Å². The van der Waals surface area contributed by atoms with E-state index in [1.807, 2.05) is 30.3 Å². The molecule has 1 aromatic heterocycles. The van der Waals surface area contributed by atoms with Gasteiger partial charge in [-0.2, -0.15) is 0 Å². The van der Waals surface area contributed by atoms with E-state index >= 15 is 0 Å². The summed E-state index contributed by atoms with van der Waals surface area (Å²) in [6, 6.07) is 22.0. The Hall–Kier alpha value is -3.05. The zero-order chi connectivity index (χ0) is 18.8. The highest BCUT2D eigenvalue weighted by Gasteiger charge is 2.16. The largest absolute Gasteiger partial charge is 0.502 e. The third kappa shape index (κ3) is 3.46. The van der Waals surface area contributed by atoms with Gasteiger partial charge >= 0.3 is 0 Å². The van der Waals surface area contributed by atoms with E-state index in [-0.39, 0.29) is 5.76 Å². The molecule has 0 bridgehead atoms. The maximum atomic E-state index is 12.4. The van der Waals surface area contributed by atoms with Gasteiger partial charge < -0.3 is 14.3 Å². The van der Waals surface area contributed by atoms with Gasteiger partial charge in [-0.25, -0.2) is 0 Å². The molecule has 0 aliphatic heterocycles. The van der Waals surface area contributed by atoms with Crippen LogP contribution in [0.5, 0.6) is 11.5 Å². The van der Waals surface area contributed by atoms with E-state index < -0.39 is 11.2 Å². The fraction of sp³-hybridized carbons (Fsp3) is 0.0455. The molecule has 0 amide bonds. The van der Waals surface area contributed by atoms with Crippen LogP contribution in [0.3, 0.4) is 0 Å². The first kappa shape index (κ1) is 17.4. The van der Waals surface area contributed by atoms with E-state index in [9.17, 15) is 9.90 Å². The fourth-order valence-corrected chi connectivity index (χ4v) is 3.32. The van der Waals surface area contributed by atoms with Crippen LogP contribution in [0, 0.1) is 0 Å². The molecule has 0 unspecified atom stereocenters. The number of benzene rings is 3. The molecule has 1 heterocycles. The maximum absolute atomic E-state index is 12.4. The second kappa shape index (κ2) is 7.29. The van der Waals surface area contributed by atoms with Crippen molar-refractivity contribution in [2.45, 2.75) is 6.61 Å². The average molecular weight is 423 g/mol. The van der Waals surface area contributed by atoms with E-state index in [0.717, 1.165) is 5.56 Å². The first-order valence-electron chi connectivity index (χ1n) is 8.35. The first-order valence-corrected chi connectivity index (χ1v) is 9.14. The SMILES string of the molecule is O=c1c(O)c(-c2ccc(OCc3ccccc3)c(Br)c2)oc2ccccc12. The molecule has 27 heavy (non-hydrogen) atoms. The Balaban J connectivity index is 1.67. The Bertz CT molecular complexity index is 1170. The Labute approximate surface area is 163 Å². The van der Waals surface area contributed by atoms with Crippen molar-refractivity contribution in [1.29, 1.82) is 0 Å². The third-order valence-electron chi connectivity index (χ3n) is 4.21. The summed E-state index contributed by atoms with van der Waals surface area (Å²) in [5.74, 6) is 0.387. The van der Waals surface area contributed by atoms with Gasteiger partial charge in [0.05, 0.1) is 9.86 Å². The van der Waals surface area contributed by atoms with Crippen LogP contribution in [-0.2, 0) is 6.61 Å². The molecule has 4 rings (SSSR count). The van der Waals surface area contributed by atoms with Crippen molar-refractivity contribution in [3.63, 3.8) is 0 Å². The first-order chi connectivity index (χ1) is 13.1. The smallest absolute Gasteiger partial charge is 0.235 e. The molecular weight excluding hydrogens is 408 g/mol. The predicted octanol–water partition coefficient (Wildman–Crippen LogP) is 5.51. The van der Waals surface area contributed by atoms with Crippen LogP contribution in [0.25, 0.3) is 22.3 Å². The molecule has 0 aliphatic carbocycles. The second-order valence-corrected chi connectivity index (χ2v) is 6.88. The number of hydrogen-bond acceptors (Lipinski definition) is 4. The van der Waals surface area contributed by atoms with Crippen LogP contribution in [0.15, 0.2) is 86.5 Å². The minimum Gasteiger partial charge on any atom is -0.502 e. The molecule has 4 nitrogen and oxygen atoms in total. The van der Waals surface area contributed by atoms with E-state index in [2.05, 4.69) is 15.9 Å². The van der Waals surface area contributed by atoms with Gasteiger partial charge in [0.2, 0.25) is 11.2 Å². The van der Waals surface area contributed by atoms with E-state index in [4.69, 9.17) is 9.15 Å². The van der Waals surface area contributed by atoms with Crippen LogP contribution >= 0.6 is 15.9 Å². The number of rotatable bonds is 4. The molecule has 0 radical (unpaired) electrons. The molecule has 1 N–H and O–H groups in total. The average Bonchev–Trinajstić information content (AvgIpc) is 2.70. The molecule has 0 fully saturated rings. The van der Waals surface area contributed by atoms with E-state index in [1.54, 1.807) is 42.5 Å². The number of hydrogen-bond donors (Lipinski definition) is 1. The summed E-state index contributed by atoms with van der Waals surface area (Å²) in [7, 11) is 0. The second-order valence-electron chi connectivity index (χ2n) is 6.02. The van der Waals surface area contributed by atoms with Gasteiger partial charge in [-0.3, -0.25) is 4.79 Å². The standard InChI is InChI=1S/C22H15BrO4/c23-17-12-15(10-11-19(17)26-13-14-6-2-1-3-7-14)22-21(25)20(24)16-8-4-5-9-18(16)27-22/h1-12,25H,13H2. The summed E-state index contributed by atoms with van der Waals surface area (Å²) in [4.78, 5) is 12.4. The number of fused-ring (bicyclic) bond motifs is 1. The molecular formula is C22H15BrO4. The Kier molecular flexibility index (Phi) is 4.69. The minimum absolute atomic E-state index is 0.133. The Morgan fingerprint density at radius 3 is 2.48 bits per heavy atom. The van der Waals surface area contributed by atoms with Gasteiger partial charge in [0.15, 0.2) is 5.76 Å². The van der Waals surface area contributed by atoms with Crippen molar-refractivity contribution in [1.82, 2.24) is 0 Å². The van der Waals surface area contributed by atoms with Crippen molar-refractivity contribution in [3.05, 3.63) is 93.1 Å². The monoisotopic (exact) mass is 422 g/mol. The highest BCUT2D eigenvalue weighted by Crippen LogP contribution is 2.35. The van der Waals surface area contributed by atoms with E-state index in [1.165, 1.54) is 0 Å². The quantitative estimate of drug-likeness (QED) is 0.471. The number of aromatic hydroxyl groups is 1. The molecule has 0 spiro atoms. The highest BCUT2D eigenvalue weighted by molar-refractivity contribution is 9.10. The topological polar surface area (TPSA) is 59.7 Å². The zero-order valence-electron chi connectivity index (χ0n) is 14.2. The van der Waals surface area contributed by atoms with Crippen LogP contribution in [0.1, 0.15) is 5.56 Å². The molecule has 0 saturated carbocycles. The molecule has 0 atom stereocenters. The van der Waals surface area contributed by atoms with Crippen molar-refractivity contribution in [2.75, 3.05) is 0 Å². The lowest BCUT2D eigenvalue weighted by molar-refractivity contribution is 0.304. The maximum Gasteiger partial charge on any atom is 0.235 e. The molecule has 134 valence electrons. The fourth-order valence-electron chi connectivity index (χ4n) is 2.82. The van der Waals surface area contributed by atoms with Crippen LogP contribution in [-0.4, -0.2) is 5.11 Å². The van der Waals surface area contributed by atoms with Gasteiger partial charge in [-0.15, -0.1) is 0 Å². The van der Waals surface area contributed by atoms with Crippen molar-refractivity contribution in [2.24, 2.45) is 0 Å². The Morgan fingerprint density at radius 2 is 1.70 bits per heavy atom. The van der Waals surface area contributed by atoms with Crippen LogP contribution < -0.4 is 10.2 Å². The zero-order valence-corrected chi connectivity index (χ0v) is 15.8. The lowest BCUT2D eigenvalue weighted by Crippen LogP contribution is -2.02. The van der Waals surface area contributed by atoms with Crippen molar-refractivity contribution < 1.29 is 14.3 Å². The Morgan fingerprint density at radius 1 is 0.963 bits per heavy atom. The molecule has 5 heteroatoms. The lowest BCUT2D eigenvalue weighted by Gasteiger charge is -2.11. The number of para-hydroxylation sites is 1. The summed E-state index contributed by atoms with van der Waals surface area (Å²) in [6.07, 6.45) is 0. The summed E-state index contributed by atoms with van der Waals surface area (Å²) in [5.41, 5.74) is 1.61. The molecule has 3 aromatic carbocycles. The molecule has 0 saturated heterocycles. The summed E-state index contributed by atoms with van der Waals surface area (Å²) in [5, 5.41) is 10.7. The van der Waals surface area contributed by atoms with Crippen molar-refractivity contribution in [3.8, 4) is 22.8 Å². The number of ether oxygens (including phenoxy) is 1. The molecule has 0 aliphatic rings.